The monoisotopic (exact) mass is 290 g/mol. The van der Waals surface area contributed by atoms with Crippen molar-refractivity contribution in [2.45, 2.75) is 18.6 Å². The maximum absolute atomic E-state index is 11.9. The van der Waals surface area contributed by atoms with Crippen molar-refractivity contribution in [1.29, 1.82) is 0 Å². The Hall–Kier alpha value is -1.59. The summed E-state index contributed by atoms with van der Waals surface area (Å²) in [5, 5.41) is 0. The summed E-state index contributed by atoms with van der Waals surface area (Å²) in [6, 6.07) is 7.82. The van der Waals surface area contributed by atoms with Crippen LogP contribution in [-0.4, -0.2) is 57.0 Å². The van der Waals surface area contributed by atoms with Crippen molar-refractivity contribution in [2.24, 2.45) is 0 Å². The number of nitrogens with zero attached hydrogens (tertiary/aromatic N) is 2. The third-order valence-corrected chi connectivity index (χ3v) is 4.22. The van der Waals surface area contributed by atoms with Crippen molar-refractivity contribution in [2.75, 3.05) is 45.3 Å². The van der Waals surface area contributed by atoms with E-state index in [4.69, 9.17) is 9.47 Å². The van der Waals surface area contributed by atoms with Crippen LogP contribution in [-0.2, 0) is 9.47 Å². The van der Waals surface area contributed by atoms with Crippen LogP contribution in [0.4, 0.5) is 5.69 Å². The summed E-state index contributed by atoms with van der Waals surface area (Å²) in [7, 11) is 3.53. The molecular weight excluding hydrogens is 268 g/mol. The van der Waals surface area contributed by atoms with Crippen LogP contribution in [0.1, 0.15) is 23.2 Å². The highest BCUT2D eigenvalue weighted by Gasteiger charge is 2.39. The van der Waals surface area contributed by atoms with E-state index in [-0.39, 0.29) is 11.7 Å². The largest absolute Gasteiger partial charge is 0.371 e. The minimum Gasteiger partial charge on any atom is -0.371 e. The van der Waals surface area contributed by atoms with Crippen LogP contribution in [0.25, 0.3) is 0 Å². The lowest BCUT2D eigenvalue weighted by atomic mass is 10.0. The first kappa shape index (κ1) is 14.4. The van der Waals surface area contributed by atoms with E-state index in [0.717, 1.165) is 37.2 Å². The zero-order valence-electron chi connectivity index (χ0n) is 12.7. The average molecular weight is 290 g/mol. The fourth-order valence-electron chi connectivity index (χ4n) is 2.96. The number of carbonyl (C=O) groups is 1. The van der Waals surface area contributed by atoms with E-state index in [1.807, 2.05) is 24.3 Å². The fraction of sp³-hybridized carbons (Fsp3) is 0.562. The zero-order chi connectivity index (χ0) is 14.9. The van der Waals surface area contributed by atoms with Gasteiger partial charge in [0.2, 0.25) is 0 Å². The lowest BCUT2D eigenvalue weighted by Crippen LogP contribution is -2.45. The molecule has 21 heavy (non-hydrogen) atoms. The average Bonchev–Trinajstić information content (AvgIpc) is 2.96. The number of rotatable bonds is 2. The molecule has 3 rings (SSSR count). The number of carbonyl (C=O) groups excluding carboxylic acids is 1. The predicted molar refractivity (Wildman–Crippen MR) is 80.5 cm³/mol. The highest BCUT2D eigenvalue weighted by atomic mass is 16.7. The third-order valence-electron chi connectivity index (χ3n) is 4.22. The van der Waals surface area contributed by atoms with Gasteiger partial charge in [0.15, 0.2) is 5.79 Å². The first-order valence-electron chi connectivity index (χ1n) is 7.44. The highest BCUT2D eigenvalue weighted by Crippen LogP contribution is 2.33. The summed E-state index contributed by atoms with van der Waals surface area (Å²) in [6.45, 7) is 3.25. The standard InChI is InChI=1S/C16H22N2O3/c1-17(2)15(19)13-3-5-14(6-4-13)18-9-7-16(8-10-18)20-11-12-21-16/h3-6H,7-12H2,1-2H3. The summed E-state index contributed by atoms with van der Waals surface area (Å²) in [6.07, 6.45) is 1.79. The van der Waals surface area contributed by atoms with Crippen molar-refractivity contribution >= 4 is 11.6 Å². The van der Waals surface area contributed by atoms with Crippen molar-refractivity contribution in [3.05, 3.63) is 29.8 Å². The number of hydrogen-bond acceptors (Lipinski definition) is 4. The summed E-state index contributed by atoms with van der Waals surface area (Å²) in [5.74, 6) is -0.302. The molecule has 1 amide bonds. The first-order valence-corrected chi connectivity index (χ1v) is 7.44. The van der Waals surface area contributed by atoms with Crippen LogP contribution in [0, 0.1) is 0 Å². The molecule has 1 aromatic carbocycles. The number of ether oxygens (including phenoxy) is 2. The van der Waals surface area contributed by atoms with E-state index in [2.05, 4.69) is 4.90 Å². The third kappa shape index (κ3) is 2.89. The van der Waals surface area contributed by atoms with E-state index < -0.39 is 0 Å². The SMILES string of the molecule is CN(C)C(=O)c1ccc(N2CCC3(CC2)OCCO3)cc1. The van der Waals surface area contributed by atoms with Crippen molar-refractivity contribution in [3.8, 4) is 0 Å². The maximum atomic E-state index is 11.9. The number of amides is 1. The molecular formula is C16H22N2O3. The van der Waals surface area contributed by atoms with Gasteiger partial charge in [-0.15, -0.1) is 0 Å². The molecule has 2 saturated heterocycles. The van der Waals surface area contributed by atoms with Crippen LogP contribution in [0.3, 0.4) is 0 Å². The number of piperidine rings is 1. The Balaban J connectivity index is 1.64. The quantitative estimate of drug-likeness (QED) is 0.832. The van der Waals surface area contributed by atoms with Gasteiger partial charge in [0.25, 0.3) is 5.91 Å². The topological polar surface area (TPSA) is 42.0 Å². The van der Waals surface area contributed by atoms with Crippen molar-refractivity contribution in [3.63, 3.8) is 0 Å². The normalized spacial score (nSPS) is 20.8. The van der Waals surface area contributed by atoms with Crippen LogP contribution in [0.15, 0.2) is 24.3 Å². The molecule has 2 fully saturated rings. The number of hydrogen-bond donors (Lipinski definition) is 0. The van der Waals surface area contributed by atoms with Crippen LogP contribution in [0.2, 0.25) is 0 Å². The van der Waals surface area contributed by atoms with Gasteiger partial charge in [0, 0.05) is 51.3 Å². The Morgan fingerprint density at radius 2 is 1.67 bits per heavy atom. The van der Waals surface area contributed by atoms with Gasteiger partial charge in [-0.05, 0) is 24.3 Å². The summed E-state index contributed by atoms with van der Waals surface area (Å²) in [4.78, 5) is 15.8. The molecule has 0 unspecified atom stereocenters. The van der Waals surface area contributed by atoms with Gasteiger partial charge in [-0.1, -0.05) is 0 Å². The Bertz CT molecular complexity index is 497. The Kier molecular flexibility index (Phi) is 3.87. The van der Waals surface area contributed by atoms with Gasteiger partial charge >= 0.3 is 0 Å². The zero-order valence-corrected chi connectivity index (χ0v) is 12.7. The molecule has 0 atom stereocenters. The summed E-state index contributed by atoms with van der Waals surface area (Å²) < 4.78 is 11.5. The van der Waals surface area contributed by atoms with E-state index in [9.17, 15) is 4.79 Å². The van der Waals surface area contributed by atoms with E-state index in [1.165, 1.54) is 0 Å². The summed E-state index contributed by atoms with van der Waals surface area (Å²) >= 11 is 0. The molecule has 5 nitrogen and oxygen atoms in total. The molecule has 0 aromatic heterocycles. The van der Waals surface area contributed by atoms with Gasteiger partial charge in [-0.25, -0.2) is 0 Å². The number of benzene rings is 1. The van der Waals surface area contributed by atoms with Gasteiger partial charge < -0.3 is 19.3 Å². The molecule has 1 aromatic rings. The van der Waals surface area contributed by atoms with E-state index in [0.29, 0.717) is 13.2 Å². The predicted octanol–water partition coefficient (Wildman–Crippen LogP) is 1.73. The molecule has 0 saturated carbocycles. The fourth-order valence-corrected chi connectivity index (χ4v) is 2.96. The van der Waals surface area contributed by atoms with Crippen molar-refractivity contribution < 1.29 is 14.3 Å². The van der Waals surface area contributed by atoms with Crippen LogP contribution < -0.4 is 4.90 Å². The van der Waals surface area contributed by atoms with Crippen LogP contribution in [0.5, 0.6) is 0 Å². The lowest BCUT2D eigenvalue weighted by Gasteiger charge is -2.38. The second kappa shape index (κ2) is 5.66. The molecule has 2 aliphatic heterocycles. The lowest BCUT2D eigenvalue weighted by molar-refractivity contribution is -0.169. The minimum absolute atomic E-state index is 0.0342. The molecule has 0 aliphatic carbocycles. The molecule has 1 spiro atoms. The Morgan fingerprint density at radius 1 is 1.10 bits per heavy atom. The molecule has 114 valence electrons. The van der Waals surface area contributed by atoms with Gasteiger partial charge in [0.1, 0.15) is 0 Å². The van der Waals surface area contributed by atoms with Crippen molar-refractivity contribution in [1.82, 2.24) is 4.90 Å². The second-order valence-corrected chi connectivity index (χ2v) is 5.84. The molecule has 0 bridgehead atoms. The summed E-state index contributed by atoms with van der Waals surface area (Å²) in [5.41, 5.74) is 1.87. The molecule has 5 heteroatoms. The van der Waals surface area contributed by atoms with Gasteiger partial charge in [0.05, 0.1) is 13.2 Å². The highest BCUT2D eigenvalue weighted by molar-refractivity contribution is 5.94. The van der Waals surface area contributed by atoms with Gasteiger partial charge in [-0.2, -0.15) is 0 Å². The smallest absolute Gasteiger partial charge is 0.253 e. The number of anilines is 1. The minimum atomic E-state index is -0.336. The second-order valence-electron chi connectivity index (χ2n) is 5.84. The molecule has 0 radical (unpaired) electrons. The molecule has 0 N–H and O–H groups in total. The van der Waals surface area contributed by atoms with Crippen LogP contribution >= 0.6 is 0 Å². The van der Waals surface area contributed by atoms with Gasteiger partial charge in [-0.3, -0.25) is 4.79 Å². The van der Waals surface area contributed by atoms with E-state index >= 15 is 0 Å². The Labute approximate surface area is 125 Å². The Morgan fingerprint density at radius 3 is 2.19 bits per heavy atom. The maximum Gasteiger partial charge on any atom is 0.253 e. The molecule has 2 heterocycles. The van der Waals surface area contributed by atoms with E-state index in [1.54, 1.807) is 19.0 Å². The first-order chi connectivity index (χ1) is 10.1. The molecule has 2 aliphatic rings.